The Hall–Kier alpha value is -1.40. The molecule has 0 spiro atoms. The van der Waals surface area contributed by atoms with Crippen LogP contribution in [0.1, 0.15) is 51.0 Å². The van der Waals surface area contributed by atoms with Crippen LogP contribution in [-0.4, -0.2) is 26.4 Å². The van der Waals surface area contributed by atoms with Gasteiger partial charge in [0.25, 0.3) is 0 Å². The van der Waals surface area contributed by atoms with E-state index in [2.05, 4.69) is 4.72 Å². The molecule has 2 aliphatic carbocycles. The van der Waals surface area contributed by atoms with E-state index < -0.39 is 10.0 Å². The Morgan fingerprint density at radius 2 is 1.88 bits per heavy atom. The van der Waals surface area contributed by atoms with Crippen molar-refractivity contribution in [2.75, 3.05) is 4.90 Å². The van der Waals surface area contributed by atoms with Crippen molar-refractivity contribution in [1.29, 1.82) is 0 Å². The molecule has 0 aromatic heterocycles. The van der Waals surface area contributed by atoms with E-state index in [1.54, 1.807) is 12.1 Å². The number of nitrogens with one attached hydrogen (secondary N) is 1. The van der Waals surface area contributed by atoms with E-state index in [1.807, 2.05) is 17.9 Å². The number of carbonyl (C=O) groups excluding carboxylic acids is 1. The van der Waals surface area contributed by atoms with Gasteiger partial charge in [0.2, 0.25) is 15.9 Å². The molecule has 0 bridgehead atoms. The predicted molar refractivity (Wildman–Crippen MR) is 92.4 cm³/mol. The summed E-state index contributed by atoms with van der Waals surface area (Å²) in [6.07, 6.45) is 6.71. The van der Waals surface area contributed by atoms with Gasteiger partial charge < -0.3 is 4.90 Å². The molecule has 4 rings (SSSR count). The lowest BCUT2D eigenvalue weighted by atomic mass is 10.1. The second-order valence-electron chi connectivity index (χ2n) is 7.43. The van der Waals surface area contributed by atoms with Gasteiger partial charge in [-0.25, -0.2) is 13.1 Å². The first kappa shape index (κ1) is 16.1. The van der Waals surface area contributed by atoms with Crippen molar-refractivity contribution in [3.05, 3.63) is 23.8 Å². The minimum absolute atomic E-state index is 0.0649. The fourth-order valence-electron chi connectivity index (χ4n) is 3.97. The van der Waals surface area contributed by atoms with Gasteiger partial charge >= 0.3 is 0 Å². The molecule has 1 heterocycles. The monoisotopic (exact) mass is 348 g/mol. The summed E-state index contributed by atoms with van der Waals surface area (Å²) in [5.41, 5.74) is 1.85. The van der Waals surface area contributed by atoms with Crippen molar-refractivity contribution >= 4 is 21.6 Å². The number of hydrogen-bond donors (Lipinski definition) is 1. The van der Waals surface area contributed by atoms with Crippen LogP contribution in [0.3, 0.4) is 0 Å². The summed E-state index contributed by atoms with van der Waals surface area (Å²) < 4.78 is 28.1. The number of sulfonamides is 1. The van der Waals surface area contributed by atoms with Gasteiger partial charge in [-0.2, -0.15) is 0 Å². The van der Waals surface area contributed by atoms with Gasteiger partial charge in [0.05, 0.1) is 4.90 Å². The largest absolute Gasteiger partial charge is 0.309 e. The highest BCUT2D eigenvalue weighted by Crippen LogP contribution is 2.39. The van der Waals surface area contributed by atoms with Gasteiger partial charge in [0.15, 0.2) is 0 Å². The molecule has 5 nitrogen and oxygen atoms in total. The maximum atomic E-state index is 12.6. The van der Waals surface area contributed by atoms with E-state index in [-0.39, 0.29) is 23.9 Å². The maximum absolute atomic E-state index is 12.6. The standard InChI is InChI=1S/C18H24N2O3S/c1-12-10-14-11-16(24(22,23)19-15-4-2-3-5-15)8-9-17(14)20(12)18(21)13-6-7-13/h8-9,11-13,15,19H,2-7,10H2,1H3. The van der Waals surface area contributed by atoms with E-state index in [9.17, 15) is 13.2 Å². The molecular formula is C18H24N2O3S. The zero-order valence-electron chi connectivity index (χ0n) is 14.0. The molecule has 2 fully saturated rings. The minimum Gasteiger partial charge on any atom is -0.309 e. The summed E-state index contributed by atoms with van der Waals surface area (Å²) in [5.74, 6) is 0.367. The highest BCUT2D eigenvalue weighted by Gasteiger charge is 2.39. The Bertz CT molecular complexity index is 764. The third kappa shape index (κ3) is 2.86. The zero-order valence-corrected chi connectivity index (χ0v) is 14.8. The number of amides is 1. The number of hydrogen-bond acceptors (Lipinski definition) is 3. The lowest BCUT2D eigenvalue weighted by Crippen LogP contribution is -2.36. The van der Waals surface area contributed by atoms with E-state index in [0.29, 0.717) is 4.90 Å². The lowest BCUT2D eigenvalue weighted by Gasteiger charge is -2.22. The molecule has 1 N–H and O–H groups in total. The van der Waals surface area contributed by atoms with E-state index in [1.165, 1.54) is 0 Å². The van der Waals surface area contributed by atoms with Crippen molar-refractivity contribution in [2.45, 2.75) is 68.8 Å². The lowest BCUT2D eigenvalue weighted by molar-refractivity contribution is -0.120. The van der Waals surface area contributed by atoms with Crippen LogP contribution in [0.25, 0.3) is 0 Å². The molecule has 1 aromatic rings. The first-order chi connectivity index (χ1) is 11.5. The second kappa shape index (κ2) is 5.85. The van der Waals surface area contributed by atoms with Crippen molar-refractivity contribution in [1.82, 2.24) is 4.72 Å². The number of fused-ring (bicyclic) bond motifs is 1. The Morgan fingerprint density at radius 1 is 1.17 bits per heavy atom. The number of nitrogens with zero attached hydrogens (tertiary/aromatic N) is 1. The smallest absolute Gasteiger partial charge is 0.240 e. The van der Waals surface area contributed by atoms with Crippen LogP contribution in [0.2, 0.25) is 0 Å². The summed E-state index contributed by atoms with van der Waals surface area (Å²) in [7, 11) is -3.48. The van der Waals surface area contributed by atoms with Crippen molar-refractivity contribution in [3.63, 3.8) is 0 Å². The second-order valence-corrected chi connectivity index (χ2v) is 9.14. The maximum Gasteiger partial charge on any atom is 0.240 e. The molecule has 1 aliphatic heterocycles. The number of benzene rings is 1. The van der Waals surface area contributed by atoms with Crippen molar-refractivity contribution < 1.29 is 13.2 Å². The first-order valence-electron chi connectivity index (χ1n) is 8.94. The Balaban J connectivity index is 1.59. The molecular weight excluding hydrogens is 324 g/mol. The molecule has 6 heteroatoms. The van der Waals surface area contributed by atoms with Crippen LogP contribution in [0.5, 0.6) is 0 Å². The predicted octanol–water partition coefficient (Wildman–Crippen LogP) is 2.60. The van der Waals surface area contributed by atoms with Crippen LogP contribution in [-0.2, 0) is 21.2 Å². The number of rotatable bonds is 4. The average Bonchev–Trinajstić information content (AvgIpc) is 3.17. The molecule has 130 valence electrons. The van der Waals surface area contributed by atoms with Crippen molar-refractivity contribution in [3.8, 4) is 0 Å². The number of carbonyl (C=O) groups is 1. The van der Waals surface area contributed by atoms with Gasteiger partial charge in [0.1, 0.15) is 0 Å². The van der Waals surface area contributed by atoms with Crippen molar-refractivity contribution in [2.24, 2.45) is 5.92 Å². The average molecular weight is 348 g/mol. The van der Waals surface area contributed by atoms with Crippen LogP contribution in [0.4, 0.5) is 5.69 Å². The fourth-order valence-corrected chi connectivity index (χ4v) is 5.32. The van der Waals surface area contributed by atoms with Gasteiger partial charge in [-0.1, -0.05) is 12.8 Å². The Labute approximate surface area is 143 Å². The van der Waals surface area contributed by atoms with Crippen LogP contribution in [0, 0.1) is 5.92 Å². The van der Waals surface area contributed by atoms with E-state index in [4.69, 9.17) is 0 Å². The SMILES string of the molecule is CC1Cc2cc(S(=O)(=O)NC3CCCC3)ccc2N1C(=O)C1CC1. The van der Waals surface area contributed by atoms with Crippen LogP contribution in [0.15, 0.2) is 23.1 Å². The summed E-state index contributed by atoms with van der Waals surface area (Å²) >= 11 is 0. The highest BCUT2D eigenvalue weighted by molar-refractivity contribution is 7.89. The van der Waals surface area contributed by atoms with Gasteiger partial charge in [-0.05, 0) is 62.8 Å². The zero-order chi connectivity index (χ0) is 16.9. The van der Waals surface area contributed by atoms with Gasteiger partial charge in [-0.15, -0.1) is 0 Å². The minimum atomic E-state index is -3.48. The number of anilines is 1. The molecule has 2 saturated carbocycles. The molecule has 24 heavy (non-hydrogen) atoms. The Morgan fingerprint density at radius 3 is 2.54 bits per heavy atom. The molecule has 1 unspecified atom stereocenters. The molecule has 1 atom stereocenters. The van der Waals surface area contributed by atoms with Gasteiger partial charge in [-0.3, -0.25) is 4.79 Å². The third-order valence-corrected chi connectivity index (χ3v) is 6.94. The molecule has 0 radical (unpaired) electrons. The molecule has 0 saturated heterocycles. The molecule has 1 aromatic carbocycles. The van der Waals surface area contributed by atoms with Gasteiger partial charge in [0, 0.05) is 23.7 Å². The highest BCUT2D eigenvalue weighted by atomic mass is 32.2. The van der Waals surface area contributed by atoms with E-state index >= 15 is 0 Å². The molecule has 3 aliphatic rings. The summed E-state index contributed by atoms with van der Waals surface area (Å²) in [4.78, 5) is 14.7. The quantitative estimate of drug-likeness (QED) is 0.909. The summed E-state index contributed by atoms with van der Waals surface area (Å²) in [6, 6.07) is 5.37. The normalized spacial score (nSPS) is 24.4. The molecule has 1 amide bonds. The first-order valence-corrected chi connectivity index (χ1v) is 10.4. The summed E-state index contributed by atoms with van der Waals surface area (Å²) in [5, 5.41) is 0. The fraction of sp³-hybridized carbons (Fsp3) is 0.611. The Kier molecular flexibility index (Phi) is 3.92. The van der Waals surface area contributed by atoms with Crippen LogP contribution < -0.4 is 9.62 Å². The summed E-state index contributed by atoms with van der Waals surface area (Å²) in [6.45, 7) is 2.03. The topological polar surface area (TPSA) is 66.5 Å². The third-order valence-electron chi connectivity index (χ3n) is 5.42. The van der Waals surface area contributed by atoms with E-state index in [0.717, 1.165) is 56.2 Å². The van der Waals surface area contributed by atoms with Crippen LogP contribution >= 0.6 is 0 Å².